The average Bonchev–Trinajstić information content (AvgIpc) is 3.34. The molecule has 1 fully saturated rings. The van der Waals surface area contributed by atoms with Crippen molar-refractivity contribution in [3.8, 4) is 6.07 Å². The quantitative estimate of drug-likeness (QED) is 0.773. The van der Waals surface area contributed by atoms with Gasteiger partial charge in [-0.2, -0.15) is 10.4 Å². The number of nitriles is 1. The summed E-state index contributed by atoms with van der Waals surface area (Å²) in [6.45, 7) is 5.94. The largest absolute Gasteiger partial charge is 0.396 e. The third-order valence-electron chi connectivity index (χ3n) is 5.38. The first kappa shape index (κ1) is 17.5. The fraction of sp³-hybridized carbons (Fsp3) is 0.381. The smallest absolute Gasteiger partial charge is 0.129 e. The first-order chi connectivity index (χ1) is 13.1. The summed E-state index contributed by atoms with van der Waals surface area (Å²) in [5, 5.41) is 24.4. The van der Waals surface area contributed by atoms with Gasteiger partial charge < -0.3 is 10.0 Å². The summed E-state index contributed by atoms with van der Waals surface area (Å²) < 4.78 is 1.97. The first-order valence-corrected chi connectivity index (χ1v) is 9.30. The van der Waals surface area contributed by atoms with Crippen molar-refractivity contribution in [3.05, 3.63) is 53.9 Å². The van der Waals surface area contributed by atoms with Gasteiger partial charge in [-0.1, -0.05) is 0 Å². The van der Waals surface area contributed by atoms with Crippen molar-refractivity contribution in [1.82, 2.24) is 14.8 Å². The van der Waals surface area contributed by atoms with E-state index in [0.717, 1.165) is 29.8 Å². The Hall–Kier alpha value is -2.91. The number of aromatic nitrogens is 3. The van der Waals surface area contributed by atoms with Crippen molar-refractivity contribution in [2.24, 2.45) is 5.92 Å². The van der Waals surface area contributed by atoms with Crippen LogP contribution in [0.1, 0.15) is 36.9 Å². The molecule has 3 heterocycles. The van der Waals surface area contributed by atoms with Gasteiger partial charge in [0.15, 0.2) is 0 Å². The van der Waals surface area contributed by atoms with E-state index in [2.05, 4.69) is 36.1 Å². The molecule has 0 unspecified atom stereocenters. The Morgan fingerprint density at radius 3 is 2.81 bits per heavy atom. The molecule has 0 radical (unpaired) electrons. The summed E-state index contributed by atoms with van der Waals surface area (Å²) in [4.78, 5) is 7.01. The lowest BCUT2D eigenvalue weighted by molar-refractivity contribution is 0.227. The van der Waals surface area contributed by atoms with Crippen LogP contribution in [0.4, 0.5) is 5.82 Å². The Morgan fingerprint density at radius 1 is 1.26 bits per heavy atom. The highest BCUT2D eigenvalue weighted by molar-refractivity contribution is 5.81. The summed E-state index contributed by atoms with van der Waals surface area (Å²) in [7, 11) is 0. The number of aliphatic hydroxyl groups is 1. The van der Waals surface area contributed by atoms with Crippen molar-refractivity contribution in [2.45, 2.75) is 25.8 Å². The van der Waals surface area contributed by atoms with Crippen LogP contribution in [0.15, 0.2) is 42.7 Å². The molecule has 1 aromatic carbocycles. The van der Waals surface area contributed by atoms with Gasteiger partial charge in [0.2, 0.25) is 0 Å². The van der Waals surface area contributed by atoms with Gasteiger partial charge in [0.25, 0.3) is 0 Å². The Balaban J connectivity index is 1.61. The minimum Gasteiger partial charge on any atom is -0.396 e. The minimum absolute atomic E-state index is 0.146. The minimum atomic E-state index is 0.146. The number of hydrogen-bond acceptors (Lipinski definition) is 5. The monoisotopic (exact) mass is 361 g/mol. The third-order valence-corrected chi connectivity index (χ3v) is 5.38. The predicted molar refractivity (Wildman–Crippen MR) is 105 cm³/mol. The molecule has 0 amide bonds. The van der Waals surface area contributed by atoms with Crippen molar-refractivity contribution < 1.29 is 5.11 Å². The lowest BCUT2D eigenvalue weighted by atomic mass is 9.92. The third kappa shape index (κ3) is 3.26. The van der Waals surface area contributed by atoms with E-state index in [0.29, 0.717) is 11.6 Å². The molecule has 6 nitrogen and oxygen atoms in total. The Kier molecular flexibility index (Phi) is 4.54. The van der Waals surface area contributed by atoms with Crippen molar-refractivity contribution in [3.63, 3.8) is 0 Å². The van der Waals surface area contributed by atoms with E-state index in [4.69, 9.17) is 10.2 Å². The highest BCUT2D eigenvalue weighted by Crippen LogP contribution is 2.35. The van der Waals surface area contributed by atoms with E-state index in [9.17, 15) is 5.11 Å². The zero-order chi connectivity index (χ0) is 19.0. The van der Waals surface area contributed by atoms with Gasteiger partial charge in [-0.25, -0.2) is 4.98 Å². The average molecular weight is 361 g/mol. The molecule has 4 rings (SSSR count). The van der Waals surface area contributed by atoms with E-state index >= 15 is 0 Å². The Labute approximate surface area is 158 Å². The molecule has 2 atom stereocenters. The number of hydrogen-bond donors (Lipinski definition) is 1. The normalized spacial score (nSPS) is 19.7. The number of rotatable bonds is 4. The maximum Gasteiger partial charge on any atom is 0.129 e. The first-order valence-electron chi connectivity index (χ1n) is 9.30. The van der Waals surface area contributed by atoms with Crippen LogP contribution in [0.5, 0.6) is 0 Å². The van der Waals surface area contributed by atoms with Crippen LogP contribution in [0.25, 0.3) is 10.9 Å². The van der Waals surface area contributed by atoms with Crippen LogP contribution < -0.4 is 4.90 Å². The summed E-state index contributed by atoms with van der Waals surface area (Å²) in [5.74, 6) is 1.30. The maximum atomic E-state index is 9.90. The summed E-state index contributed by atoms with van der Waals surface area (Å²) in [6, 6.07) is 12.0. The molecular formula is C21H23N5O. The topological polar surface area (TPSA) is 78.0 Å². The molecule has 1 N–H and O–H groups in total. The fourth-order valence-corrected chi connectivity index (χ4v) is 3.81. The van der Waals surface area contributed by atoms with Gasteiger partial charge in [0.1, 0.15) is 5.82 Å². The molecule has 3 aromatic rings. The van der Waals surface area contributed by atoms with Crippen LogP contribution in [0.2, 0.25) is 0 Å². The molecule has 0 spiro atoms. The van der Waals surface area contributed by atoms with E-state index in [1.807, 2.05) is 35.1 Å². The standard InChI is InChI=1S/C21H23N5O/c1-14(2)26-11-17(9-23-26)19-12-25(10-18(19)13-27)21-6-4-16-7-15(8-22)3-5-20(16)24-21/h3-7,9,11,14,18-19,27H,10,12-13H2,1-2H3/t18-,19-/m0/s1. The summed E-state index contributed by atoms with van der Waals surface area (Å²) in [6.07, 6.45) is 4.02. The zero-order valence-corrected chi connectivity index (χ0v) is 15.6. The van der Waals surface area contributed by atoms with E-state index in [-0.39, 0.29) is 18.4 Å². The highest BCUT2D eigenvalue weighted by Gasteiger charge is 2.35. The molecule has 138 valence electrons. The predicted octanol–water partition coefficient (Wildman–Crippen LogP) is 3.10. The van der Waals surface area contributed by atoms with Gasteiger partial charge in [0, 0.05) is 49.2 Å². The number of pyridine rings is 1. The number of fused-ring (bicyclic) bond motifs is 1. The summed E-state index contributed by atoms with van der Waals surface area (Å²) in [5.41, 5.74) is 2.69. The second kappa shape index (κ2) is 7.01. The number of aliphatic hydroxyl groups excluding tert-OH is 1. The number of benzene rings is 1. The van der Waals surface area contributed by atoms with Crippen LogP contribution in [-0.4, -0.2) is 39.6 Å². The molecule has 1 aliphatic heterocycles. The zero-order valence-electron chi connectivity index (χ0n) is 15.6. The lowest BCUT2D eigenvalue weighted by Crippen LogP contribution is -2.21. The molecule has 1 aliphatic rings. The van der Waals surface area contributed by atoms with Gasteiger partial charge in [-0.05, 0) is 49.7 Å². The highest BCUT2D eigenvalue weighted by atomic mass is 16.3. The molecule has 0 bridgehead atoms. The SMILES string of the molecule is CC(C)n1cc([C@@H]2CN(c3ccc4cc(C#N)ccc4n3)C[C@H]2CO)cn1. The van der Waals surface area contributed by atoms with E-state index < -0.39 is 0 Å². The van der Waals surface area contributed by atoms with Crippen molar-refractivity contribution >= 4 is 16.7 Å². The van der Waals surface area contributed by atoms with Gasteiger partial charge >= 0.3 is 0 Å². The van der Waals surface area contributed by atoms with E-state index in [1.54, 1.807) is 6.07 Å². The second-order valence-electron chi connectivity index (χ2n) is 7.49. The summed E-state index contributed by atoms with van der Waals surface area (Å²) >= 11 is 0. The number of nitrogens with zero attached hydrogens (tertiary/aromatic N) is 5. The lowest BCUT2D eigenvalue weighted by Gasteiger charge is -2.17. The van der Waals surface area contributed by atoms with Crippen molar-refractivity contribution in [1.29, 1.82) is 5.26 Å². The van der Waals surface area contributed by atoms with Crippen LogP contribution >= 0.6 is 0 Å². The van der Waals surface area contributed by atoms with Gasteiger partial charge in [-0.15, -0.1) is 0 Å². The molecule has 2 aromatic heterocycles. The second-order valence-corrected chi connectivity index (χ2v) is 7.49. The van der Waals surface area contributed by atoms with Crippen LogP contribution in [-0.2, 0) is 0 Å². The van der Waals surface area contributed by atoms with E-state index in [1.165, 1.54) is 5.56 Å². The molecule has 6 heteroatoms. The Morgan fingerprint density at radius 2 is 2.11 bits per heavy atom. The van der Waals surface area contributed by atoms with Crippen LogP contribution in [0.3, 0.4) is 0 Å². The Bertz CT molecular complexity index is 1000. The molecule has 27 heavy (non-hydrogen) atoms. The molecule has 1 saturated heterocycles. The van der Waals surface area contributed by atoms with Gasteiger partial charge in [-0.3, -0.25) is 4.68 Å². The maximum absolute atomic E-state index is 9.90. The van der Waals surface area contributed by atoms with Crippen molar-refractivity contribution in [2.75, 3.05) is 24.6 Å². The van der Waals surface area contributed by atoms with Crippen LogP contribution in [0, 0.1) is 17.2 Å². The van der Waals surface area contributed by atoms with Gasteiger partial charge in [0.05, 0.1) is 23.3 Å². The molecule has 0 saturated carbocycles. The molecular weight excluding hydrogens is 338 g/mol. The number of anilines is 1. The fourth-order valence-electron chi connectivity index (χ4n) is 3.81. The molecule has 0 aliphatic carbocycles.